The van der Waals surface area contributed by atoms with Crippen LogP contribution in [0.4, 0.5) is 4.79 Å². The van der Waals surface area contributed by atoms with Gasteiger partial charge >= 0.3 is 0 Å². The number of benzene rings is 2. The van der Waals surface area contributed by atoms with Gasteiger partial charge in [0.05, 0.1) is 21.5 Å². The summed E-state index contributed by atoms with van der Waals surface area (Å²) in [7, 11) is 0. The lowest BCUT2D eigenvalue weighted by atomic mass is 10.2. The van der Waals surface area contributed by atoms with Crippen LogP contribution in [0.3, 0.4) is 0 Å². The molecule has 7 heteroatoms. The van der Waals surface area contributed by atoms with Gasteiger partial charge in [0.15, 0.2) is 0 Å². The highest BCUT2D eigenvalue weighted by molar-refractivity contribution is 8.18. The fraction of sp³-hybridized carbons (Fsp3) is 0.100. The van der Waals surface area contributed by atoms with Gasteiger partial charge in [0.2, 0.25) is 0 Å². The van der Waals surface area contributed by atoms with E-state index in [4.69, 9.17) is 27.9 Å². The van der Waals surface area contributed by atoms with Crippen molar-refractivity contribution in [2.75, 3.05) is 6.61 Å². The smallest absolute Gasteiger partial charge is 0.293 e. The topological polar surface area (TPSA) is 46.6 Å². The van der Waals surface area contributed by atoms with Gasteiger partial charge in [-0.15, -0.1) is 0 Å². The van der Waals surface area contributed by atoms with E-state index in [1.54, 1.807) is 36.4 Å². The van der Waals surface area contributed by atoms with Crippen LogP contribution in [-0.4, -0.2) is 22.7 Å². The van der Waals surface area contributed by atoms with E-state index in [-0.39, 0.29) is 17.7 Å². The number of rotatable bonds is 6. The Balaban J connectivity index is 1.78. The SMILES string of the molecule is C=CCOc1cccc(/C=C2\SC(=O)N(Cc3ccc(Cl)c(Cl)c3)C2=O)c1. The number of ether oxygens (including phenoxy) is 1. The van der Waals surface area contributed by atoms with Crippen LogP contribution in [0.1, 0.15) is 11.1 Å². The van der Waals surface area contributed by atoms with Crippen LogP contribution in [0.5, 0.6) is 5.75 Å². The molecule has 2 amide bonds. The van der Waals surface area contributed by atoms with Gasteiger partial charge in [-0.3, -0.25) is 14.5 Å². The van der Waals surface area contributed by atoms with Gasteiger partial charge < -0.3 is 4.74 Å². The van der Waals surface area contributed by atoms with Crippen LogP contribution in [-0.2, 0) is 11.3 Å². The Hall–Kier alpha value is -2.21. The van der Waals surface area contributed by atoms with E-state index in [1.807, 2.05) is 18.2 Å². The quantitative estimate of drug-likeness (QED) is 0.438. The van der Waals surface area contributed by atoms with Gasteiger partial charge in [-0.25, -0.2) is 0 Å². The fourth-order valence-corrected chi connectivity index (χ4v) is 3.62. The van der Waals surface area contributed by atoms with Crippen molar-refractivity contribution in [2.24, 2.45) is 0 Å². The number of hydrogen-bond acceptors (Lipinski definition) is 4. The summed E-state index contributed by atoms with van der Waals surface area (Å²) in [6, 6.07) is 12.3. The summed E-state index contributed by atoms with van der Waals surface area (Å²) < 4.78 is 5.49. The zero-order valence-electron chi connectivity index (χ0n) is 14.2. The first-order chi connectivity index (χ1) is 13.0. The van der Waals surface area contributed by atoms with Crippen molar-refractivity contribution in [3.05, 3.63) is 81.2 Å². The van der Waals surface area contributed by atoms with E-state index >= 15 is 0 Å². The third-order valence-electron chi connectivity index (χ3n) is 3.72. The van der Waals surface area contributed by atoms with E-state index in [0.29, 0.717) is 27.3 Å². The van der Waals surface area contributed by atoms with Crippen molar-refractivity contribution in [3.8, 4) is 5.75 Å². The van der Waals surface area contributed by atoms with E-state index in [2.05, 4.69) is 6.58 Å². The van der Waals surface area contributed by atoms with Crippen LogP contribution in [0.15, 0.2) is 60.0 Å². The van der Waals surface area contributed by atoms with Crippen LogP contribution < -0.4 is 4.74 Å². The molecule has 0 aliphatic carbocycles. The molecule has 0 unspecified atom stereocenters. The van der Waals surface area contributed by atoms with Gasteiger partial charge in [-0.05, 0) is 53.2 Å². The lowest BCUT2D eigenvalue weighted by Gasteiger charge is -2.12. The Morgan fingerprint density at radius 2 is 1.93 bits per heavy atom. The van der Waals surface area contributed by atoms with Gasteiger partial charge in [-0.1, -0.05) is 54.1 Å². The fourth-order valence-electron chi connectivity index (χ4n) is 2.46. The zero-order valence-corrected chi connectivity index (χ0v) is 16.5. The van der Waals surface area contributed by atoms with Crippen molar-refractivity contribution in [3.63, 3.8) is 0 Å². The van der Waals surface area contributed by atoms with Gasteiger partial charge in [0, 0.05) is 0 Å². The summed E-state index contributed by atoms with van der Waals surface area (Å²) >= 11 is 12.8. The molecular weight excluding hydrogens is 405 g/mol. The number of halogens is 2. The minimum Gasteiger partial charge on any atom is -0.490 e. The van der Waals surface area contributed by atoms with Crippen LogP contribution >= 0.6 is 35.0 Å². The van der Waals surface area contributed by atoms with Crippen molar-refractivity contribution in [1.29, 1.82) is 0 Å². The molecule has 1 aliphatic rings. The number of hydrogen-bond donors (Lipinski definition) is 0. The lowest BCUT2D eigenvalue weighted by Crippen LogP contribution is -2.27. The van der Waals surface area contributed by atoms with E-state index in [0.717, 1.165) is 22.9 Å². The normalized spacial score (nSPS) is 15.5. The first-order valence-corrected chi connectivity index (χ1v) is 9.58. The summed E-state index contributed by atoms with van der Waals surface area (Å²) in [5, 5.41) is 0.484. The first-order valence-electron chi connectivity index (χ1n) is 8.01. The third kappa shape index (κ3) is 4.75. The molecule has 138 valence electrons. The summed E-state index contributed by atoms with van der Waals surface area (Å²) in [4.78, 5) is 26.5. The molecule has 3 rings (SSSR count). The number of thioether (sulfide) groups is 1. The Morgan fingerprint density at radius 1 is 1.11 bits per heavy atom. The molecule has 4 nitrogen and oxygen atoms in total. The number of carbonyl (C=O) groups is 2. The Morgan fingerprint density at radius 3 is 2.67 bits per heavy atom. The number of amides is 2. The summed E-state index contributed by atoms with van der Waals surface area (Å²) in [6.07, 6.45) is 3.33. The van der Waals surface area contributed by atoms with Crippen molar-refractivity contribution < 1.29 is 14.3 Å². The lowest BCUT2D eigenvalue weighted by molar-refractivity contribution is -0.123. The van der Waals surface area contributed by atoms with E-state index in [9.17, 15) is 9.59 Å². The highest BCUT2D eigenvalue weighted by atomic mass is 35.5. The summed E-state index contributed by atoms with van der Waals surface area (Å²) in [6.45, 7) is 4.14. The van der Waals surface area contributed by atoms with Crippen LogP contribution in [0.2, 0.25) is 10.0 Å². The molecule has 1 heterocycles. The van der Waals surface area contributed by atoms with Crippen molar-refractivity contribution in [2.45, 2.75) is 6.54 Å². The molecule has 0 bridgehead atoms. The van der Waals surface area contributed by atoms with Crippen LogP contribution in [0.25, 0.3) is 6.08 Å². The predicted octanol–water partition coefficient (Wildman–Crippen LogP) is 5.79. The third-order valence-corrected chi connectivity index (χ3v) is 5.37. The second-order valence-corrected chi connectivity index (χ2v) is 7.50. The van der Waals surface area contributed by atoms with Gasteiger partial charge in [0.25, 0.3) is 11.1 Å². The Kier molecular flexibility index (Phi) is 6.26. The molecule has 0 aromatic heterocycles. The molecule has 27 heavy (non-hydrogen) atoms. The maximum Gasteiger partial charge on any atom is 0.293 e. The predicted molar refractivity (Wildman–Crippen MR) is 110 cm³/mol. The zero-order chi connectivity index (χ0) is 19.4. The van der Waals surface area contributed by atoms with Crippen molar-refractivity contribution >= 4 is 52.2 Å². The number of imide groups is 1. The molecule has 0 N–H and O–H groups in total. The highest BCUT2D eigenvalue weighted by Gasteiger charge is 2.35. The Labute approximate surface area is 171 Å². The molecular formula is C20H15Cl2NO3S. The minimum absolute atomic E-state index is 0.140. The molecule has 1 aliphatic heterocycles. The van der Waals surface area contributed by atoms with Gasteiger partial charge in [0.1, 0.15) is 12.4 Å². The summed E-state index contributed by atoms with van der Waals surface area (Å²) in [5.74, 6) is 0.326. The average Bonchev–Trinajstić information content (AvgIpc) is 2.91. The number of carbonyl (C=O) groups excluding carboxylic acids is 2. The van der Waals surface area contributed by atoms with Gasteiger partial charge in [-0.2, -0.15) is 0 Å². The molecule has 1 fully saturated rings. The molecule has 0 spiro atoms. The second-order valence-electron chi connectivity index (χ2n) is 5.69. The Bertz CT molecular complexity index is 943. The average molecular weight is 420 g/mol. The maximum absolute atomic E-state index is 12.6. The van der Waals surface area contributed by atoms with E-state index in [1.165, 1.54) is 4.90 Å². The van der Waals surface area contributed by atoms with E-state index < -0.39 is 0 Å². The minimum atomic E-state index is -0.339. The largest absolute Gasteiger partial charge is 0.490 e. The molecule has 1 saturated heterocycles. The standard InChI is InChI=1S/C20H15Cl2NO3S/c1-2-8-26-15-5-3-4-13(9-15)11-18-19(24)23(20(25)27-18)12-14-6-7-16(21)17(22)10-14/h2-7,9-11H,1,8,12H2/b18-11-. The first kappa shape index (κ1) is 19.5. The van der Waals surface area contributed by atoms with Crippen LogP contribution in [0, 0.1) is 0 Å². The molecule has 0 atom stereocenters. The molecule has 0 saturated carbocycles. The molecule has 0 radical (unpaired) electrons. The molecule has 2 aromatic rings. The van der Waals surface area contributed by atoms with Crippen molar-refractivity contribution in [1.82, 2.24) is 4.90 Å². The monoisotopic (exact) mass is 419 g/mol. The second kappa shape index (κ2) is 8.65. The highest BCUT2D eigenvalue weighted by Crippen LogP contribution is 2.34. The number of nitrogens with zero attached hydrogens (tertiary/aromatic N) is 1. The molecule has 2 aromatic carbocycles. The summed E-state index contributed by atoms with van der Waals surface area (Å²) in [5.41, 5.74) is 1.50. The maximum atomic E-state index is 12.6.